The Morgan fingerprint density at radius 1 is 0.500 bits per heavy atom. The molecular formula is C24H20N2O2S2. The fourth-order valence-corrected chi connectivity index (χ4v) is 5.11. The van der Waals surface area contributed by atoms with E-state index >= 15 is 0 Å². The number of nitrogens with zero attached hydrogens (tertiary/aromatic N) is 2. The first-order chi connectivity index (χ1) is 14.7. The molecule has 6 heteroatoms. The number of hydrogen-bond donors (Lipinski definition) is 0. The third-order valence-electron chi connectivity index (χ3n) is 4.46. The highest BCUT2D eigenvalue weighted by Crippen LogP contribution is 2.20. The standard InChI is InChI=1S/C24H20N2O2S2/c27-29(17-19-9-3-1-4-10-19)23-15-7-13-21(25-23)22-14-8-16-24(26-22)30(28)18-20-11-5-2-6-12-20/h1-16H,17-18H2. The maximum absolute atomic E-state index is 12.8. The van der Waals surface area contributed by atoms with Gasteiger partial charge in [-0.2, -0.15) is 0 Å². The zero-order chi connectivity index (χ0) is 20.8. The van der Waals surface area contributed by atoms with Gasteiger partial charge in [-0.3, -0.25) is 8.42 Å². The molecule has 30 heavy (non-hydrogen) atoms. The molecular weight excluding hydrogens is 412 g/mol. The van der Waals surface area contributed by atoms with Crippen molar-refractivity contribution >= 4 is 21.6 Å². The average molecular weight is 433 g/mol. The second-order valence-electron chi connectivity index (χ2n) is 6.67. The second kappa shape index (κ2) is 9.69. The molecule has 0 bridgehead atoms. The summed E-state index contributed by atoms with van der Waals surface area (Å²) in [6, 6.07) is 30.3. The SMILES string of the molecule is O=S(Cc1ccccc1)c1cccc(-c2cccc(S(=O)Cc3ccccc3)n2)n1. The number of aromatic nitrogens is 2. The van der Waals surface area contributed by atoms with Gasteiger partial charge in [-0.25, -0.2) is 9.97 Å². The molecule has 0 radical (unpaired) electrons. The normalized spacial score (nSPS) is 12.9. The van der Waals surface area contributed by atoms with Crippen molar-refractivity contribution in [2.75, 3.05) is 0 Å². The monoisotopic (exact) mass is 432 g/mol. The summed E-state index contributed by atoms with van der Waals surface area (Å²) in [4.78, 5) is 9.12. The molecule has 0 amide bonds. The molecule has 2 aromatic heterocycles. The van der Waals surface area contributed by atoms with Crippen LogP contribution in [0.25, 0.3) is 11.4 Å². The summed E-state index contributed by atoms with van der Waals surface area (Å²) in [6.07, 6.45) is 0. The molecule has 0 aliphatic rings. The van der Waals surface area contributed by atoms with Crippen molar-refractivity contribution in [3.05, 3.63) is 108 Å². The molecule has 2 atom stereocenters. The molecule has 0 fully saturated rings. The highest BCUT2D eigenvalue weighted by atomic mass is 32.2. The van der Waals surface area contributed by atoms with Gasteiger partial charge in [0, 0.05) is 0 Å². The minimum absolute atomic E-state index is 0.409. The Balaban J connectivity index is 1.54. The van der Waals surface area contributed by atoms with Crippen LogP contribution in [0, 0.1) is 0 Å². The molecule has 4 nitrogen and oxygen atoms in total. The molecule has 0 saturated carbocycles. The fraction of sp³-hybridized carbons (Fsp3) is 0.0833. The smallest absolute Gasteiger partial charge is 0.128 e. The zero-order valence-electron chi connectivity index (χ0n) is 16.2. The first-order valence-electron chi connectivity index (χ1n) is 9.48. The van der Waals surface area contributed by atoms with E-state index in [4.69, 9.17) is 0 Å². The molecule has 0 aliphatic carbocycles. The van der Waals surface area contributed by atoms with Gasteiger partial charge in [-0.1, -0.05) is 72.8 Å². The Bertz CT molecular complexity index is 1090. The summed E-state index contributed by atoms with van der Waals surface area (Å²) < 4.78 is 25.5. The van der Waals surface area contributed by atoms with E-state index in [0.29, 0.717) is 32.9 Å². The summed E-state index contributed by atoms with van der Waals surface area (Å²) >= 11 is 0. The summed E-state index contributed by atoms with van der Waals surface area (Å²) in [5.74, 6) is 0.817. The van der Waals surface area contributed by atoms with Crippen molar-refractivity contribution in [2.24, 2.45) is 0 Å². The van der Waals surface area contributed by atoms with Gasteiger partial charge in [-0.15, -0.1) is 0 Å². The summed E-state index contributed by atoms with van der Waals surface area (Å²) in [5.41, 5.74) is 3.24. The molecule has 4 aromatic rings. The predicted molar refractivity (Wildman–Crippen MR) is 121 cm³/mol. The van der Waals surface area contributed by atoms with Gasteiger partial charge in [0.25, 0.3) is 0 Å². The van der Waals surface area contributed by atoms with E-state index < -0.39 is 21.6 Å². The summed E-state index contributed by atoms with van der Waals surface area (Å²) in [7, 11) is -2.52. The lowest BCUT2D eigenvalue weighted by atomic mass is 10.2. The quantitative estimate of drug-likeness (QED) is 0.422. The topological polar surface area (TPSA) is 59.9 Å². The number of benzene rings is 2. The van der Waals surface area contributed by atoms with Crippen molar-refractivity contribution in [3.63, 3.8) is 0 Å². The van der Waals surface area contributed by atoms with Gasteiger partial charge in [0.1, 0.15) is 10.1 Å². The lowest BCUT2D eigenvalue weighted by Crippen LogP contribution is -2.02. The van der Waals surface area contributed by atoms with Crippen LogP contribution >= 0.6 is 0 Å². The van der Waals surface area contributed by atoms with Gasteiger partial charge in [0.05, 0.1) is 44.5 Å². The molecule has 150 valence electrons. The van der Waals surface area contributed by atoms with Crippen molar-refractivity contribution in [3.8, 4) is 11.4 Å². The average Bonchev–Trinajstić information content (AvgIpc) is 2.80. The van der Waals surface area contributed by atoms with E-state index in [-0.39, 0.29) is 0 Å². The van der Waals surface area contributed by atoms with Gasteiger partial charge in [0.15, 0.2) is 0 Å². The summed E-state index contributed by atoms with van der Waals surface area (Å²) in [5, 5.41) is 1.02. The van der Waals surface area contributed by atoms with Gasteiger partial charge < -0.3 is 0 Å². The third kappa shape index (κ3) is 5.14. The maximum atomic E-state index is 12.8. The van der Waals surface area contributed by atoms with Crippen LogP contribution in [0.15, 0.2) is 107 Å². The molecule has 2 unspecified atom stereocenters. The zero-order valence-corrected chi connectivity index (χ0v) is 17.8. The molecule has 0 N–H and O–H groups in total. The van der Waals surface area contributed by atoms with Crippen LogP contribution in [0.4, 0.5) is 0 Å². The van der Waals surface area contributed by atoms with Crippen molar-refractivity contribution in [1.29, 1.82) is 0 Å². The Morgan fingerprint density at radius 3 is 1.30 bits per heavy atom. The van der Waals surface area contributed by atoms with Crippen LogP contribution in [0.3, 0.4) is 0 Å². The van der Waals surface area contributed by atoms with Crippen molar-refractivity contribution < 1.29 is 8.42 Å². The molecule has 4 rings (SSSR count). The van der Waals surface area contributed by atoms with E-state index in [9.17, 15) is 8.42 Å². The van der Waals surface area contributed by atoms with E-state index in [1.165, 1.54) is 0 Å². The fourth-order valence-electron chi connectivity index (χ4n) is 2.97. The Hall–Kier alpha value is -2.96. The largest absolute Gasteiger partial charge is 0.252 e. The number of rotatable bonds is 7. The van der Waals surface area contributed by atoms with Crippen LogP contribution < -0.4 is 0 Å². The molecule has 0 aliphatic heterocycles. The van der Waals surface area contributed by atoms with Crippen molar-refractivity contribution in [2.45, 2.75) is 21.6 Å². The van der Waals surface area contributed by atoms with Crippen LogP contribution in [0.5, 0.6) is 0 Å². The van der Waals surface area contributed by atoms with E-state index in [0.717, 1.165) is 11.1 Å². The Labute approximate surface area is 181 Å². The van der Waals surface area contributed by atoms with Gasteiger partial charge >= 0.3 is 0 Å². The van der Waals surface area contributed by atoms with Gasteiger partial charge in [-0.05, 0) is 35.4 Å². The first kappa shape index (κ1) is 20.3. The Morgan fingerprint density at radius 2 is 0.900 bits per heavy atom. The minimum Gasteiger partial charge on any atom is -0.252 e. The second-order valence-corrected chi connectivity index (χ2v) is 9.47. The molecule has 0 saturated heterocycles. The van der Waals surface area contributed by atoms with E-state index in [2.05, 4.69) is 9.97 Å². The van der Waals surface area contributed by atoms with E-state index in [1.807, 2.05) is 84.9 Å². The van der Waals surface area contributed by atoms with Crippen LogP contribution in [-0.2, 0) is 33.1 Å². The highest BCUT2D eigenvalue weighted by Gasteiger charge is 2.12. The van der Waals surface area contributed by atoms with Crippen LogP contribution in [0.1, 0.15) is 11.1 Å². The number of pyridine rings is 2. The predicted octanol–water partition coefficient (Wildman–Crippen LogP) is 4.76. The highest BCUT2D eigenvalue weighted by molar-refractivity contribution is 7.84. The first-order valence-corrected chi connectivity index (χ1v) is 12.1. The maximum Gasteiger partial charge on any atom is 0.128 e. The van der Waals surface area contributed by atoms with Crippen LogP contribution in [0.2, 0.25) is 0 Å². The molecule has 2 aromatic carbocycles. The number of hydrogen-bond acceptors (Lipinski definition) is 4. The van der Waals surface area contributed by atoms with Gasteiger partial charge in [0.2, 0.25) is 0 Å². The van der Waals surface area contributed by atoms with E-state index in [1.54, 1.807) is 12.1 Å². The minimum atomic E-state index is -1.26. The molecule has 0 spiro atoms. The summed E-state index contributed by atoms with van der Waals surface area (Å²) in [6.45, 7) is 0. The Kier molecular flexibility index (Phi) is 6.57. The lowest BCUT2D eigenvalue weighted by molar-refractivity contribution is 0.678. The molecule has 2 heterocycles. The third-order valence-corrected chi connectivity index (χ3v) is 7.04. The van der Waals surface area contributed by atoms with Crippen molar-refractivity contribution in [1.82, 2.24) is 9.97 Å². The lowest BCUT2D eigenvalue weighted by Gasteiger charge is -2.07. The van der Waals surface area contributed by atoms with Crippen LogP contribution in [-0.4, -0.2) is 18.4 Å².